The molecule has 0 aliphatic carbocycles. The van der Waals surface area contributed by atoms with E-state index in [-0.39, 0.29) is 11.8 Å². The summed E-state index contributed by atoms with van der Waals surface area (Å²) in [5, 5.41) is 7.38. The van der Waals surface area contributed by atoms with Crippen molar-refractivity contribution in [2.24, 2.45) is 13.0 Å². The number of hydrogen-bond donors (Lipinski definition) is 1. The van der Waals surface area contributed by atoms with E-state index < -0.39 is 0 Å². The smallest absolute Gasteiger partial charge is 0.223 e. The third-order valence-electron chi connectivity index (χ3n) is 6.84. The van der Waals surface area contributed by atoms with E-state index in [1.807, 2.05) is 31.8 Å². The molecule has 3 aromatic rings. The number of rotatable bonds is 8. The molecule has 0 bridgehead atoms. The first-order chi connectivity index (χ1) is 16.5. The molecule has 1 unspecified atom stereocenters. The number of hydrogen-bond acceptors (Lipinski definition) is 6. The third-order valence-corrected chi connectivity index (χ3v) is 6.84. The predicted octanol–water partition coefficient (Wildman–Crippen LogP) is 3.17. The molecule has 1 aromatic carbocycles. The highest BCUT2D eigenvalue weighted by atomic mass is 16.1. The van der Waals surface area contributed by atoms with Crippen LogP contribution in [0.4, 0.5) is 5.82 Å². The topological polar surface area (TPSA) is 79.2 Å². The fraction of sp³-hybridized carbons (Fsp3) is 0.462. The van der Waals surface area contributed by atoms with E-state index in [2.05, 4.69) is 56.4 Å². The summed E-state index contributed by atoms with van der Waals surface area (Å²) in [6.45, 7) is 11.3. The number of amides is 1. The van der Waals surface area contributed by atoms with Crippen molar-refractivity contribution < 1.29 is 4.79 Å². The zero-order valence-corrected chi connectivity index (χ0v) is 20.7. The lowest BCUT2D eigenvalue weighted by Gasteiger charge is -2.35. The second kappa shape index (κ2) is 10.8. The van der Waals surface area contributed by atoms with E-state index in [9.17, 15) is 4.79 Å². The summed E-state index contributed by atoms with van der Waals surface area (Å²) in [7, 11) is 1.99. The lowest BCUT2D eigenvalue weighted by atomic mass is 10.1. The maximum absolute atomic E-state index is 12.1. The number of anilines is 1. The first-order valence-electron chi connectivity index (χ1n) is 12.1. The monoisotopic (exact) mass is 461 g/mol. The Kier molecular flexibility index (Phi) is 7.57. The number of nitrogens with zero attached hydrogens (tertiary/aromatic N) is 6. The van der Waals surface area contributed by atoms with E-state index >= 15 is 0 Å². The fourth-order valence-corrected chi connectivity index (χ4v) is 4.15. The van der Waals surface area contributed by atoms with Crippen LogP contribution in [0, 0.1) is 12.8 Å². The molecule has 1 atom stereocenters. The second-order valence-corrected chi connectivity index (χ2v) is 9.09. The minimum atomic E-state index is 0.0373. The van der Waals surface area contributed by atoms with Gasteiger partial charge in [-0.3, -0.25) is 19.4 Å². The maximum atomic E-state index is 12.1. The third kappa shape index (κ3) is 5.44. The molecular weight excluding hydrogens is 426 g/mol. The Hall–Kier alpha value is -3.26. The molecule has 8 heteroatoms. The molecular formula is C26H35N7O. The van der Waals surface area contributed by atoms with Gasteiger partial charge in [-0.1, -0.05) is 38.1 Å². The Morgan fingerprint density at radius 1 is 1.09 bits per heavy atom. The number of piperazine rings is 1. The van der Waals surface area contributed by atoms with Crippen molar-refractivity contribution >= 4 is 11.7 Å². The summed E-state index contributed by atoms with van der Waals surface area (Å²) < 4.78 is 1.93. The minimum absolute atomic E-state index is 0.0373. The Morgan fingerprint density at radius 2 is 1.79 bits per heavy atom. The van der Waals surface area contributed by atoms with Crippen LogP contribution in [-0.2, 0) is 24.9 Å². The Labute approximate surface area is 202 Å². The van der Waals surface area contributed by atoms with Crippen molar-refractivity contribution in [1.82, 2.24) is 30.0 Å². The maximum Gasteiger partial charge on any atom is 0.223 e. The lowest BCUT2D eigenvalue weighted by molar-refractivity contribution is -0.124. The summed E-state index contributed by atoms with van der Waals surface area (Å²) in [5.74, 6) is 1.06. The molecule has 8 nitrogen and oxygen atoms in total. The van der Waals surface area contributed by atoms with E-state index in [1.54, 1.807) is 12.4 Å². The average molecular weight is 462 g/mol. The molecule has 1 aliphatic rings. The molecule has 2 aromatic heterocycles. The van der Waals surface area contributed by atoms with Gasteiger partial charge in [0.05, 0.1) is 6.20 Å². The molecule has 34 heavy (non-hydrogen) atoms. The Bertz CT molecular complexity index is 1100. The van der Waals surface area contributed by atoms with Gasteiger partial charge in [0.25, 0.3) is 0 Å². The molecule has 1 N–H and O–H groups in total. The van der Waals surface area contributed by atoms with Crippen LogP contribution in [0.25, 0.3) is 11.3 Å². The van der Waals surface area contributed by atoms with Crippen molar-refractivity contribution in [2.75, 3.05) is 31.1 Å². The number of nitrogens with one attached hydrogen (secondary N) is 1. The molecule has 1 aliphatic heterocycles. The molecule has 0 spiro atoms. The van der Waals surface area contributed by atoms with Gasteiger partial charge in [0, 0.05) is 81.4 Å². The van der Waals surface area contributed by atoms with Crippen LogP contribution in [0.15, 0.2) is 42.9 Å². The molecule has 1 saturated heterocycles. The molecule has 0 radical (unpaired) electrons. The van der Waals surface area contributed by atoms with Crippen LogP contribution in [0.2, 0.25) is 0 Å². The normalized spacial score (nSPS) is 15.4. The summed E-state index contributed by atoms with van der Waals surface area (Å²) in [5.41, 5.74) is 5.52. The van der Waals surface area contributed by atoms with Gasteiger partial charge in [0.2, 0.25) is 5.91 Å². The van der Waals surface area contributed by atoms with Crippen LogP contribution < -0.4 is 10.2 Å². The number of carbonyl (C=O) groups excluding carboxylic acids is 1. The van der Waals surface area contributed by atoms with Gasteiger partial charge < -0.3 is 10.2 Å². The SMILES string of the molecule is CCC(C)C(=O)NCc1ccc(-c2nccnc2N2CCN(Cc3cnn(C)c3C)CC2)cc1. The number of carbonyl (C=O) groups is 1. The van der Waals surface area contributed by atoms with Crippen molar-refractivity contribution in [2.45, 2.75) is 40.3 Å². The number of aryl methyl sites for hydroxylation is 1. The van der Waals surface area contributed by atoms with Crippen molar-refractivity contribution in [3.05, 3.63) is 59.7 Å². The minimum Gasteiger partial charge on any atom is -0.352 e. The fourth-order valence-electron chi connectivity index (χ4n) is 4.15. The van der Waals surface area contributed by atoms with Gasteiger partial charge in [-0.05, 0) is 18.9 Å². The van der Waals surface area contributed by atoms with Crippen LogP contribution in [0.1, 0.15) is 37.1 Å². The lowest BCUT2D eigenvalue weighted by Crippen LogP contribution is -2.46. The number of aromatic nitrogens is 4. The Morgan fingerprint density at radius 3 is 2.44 bits per heavy atom. The Balaban J connectivity index is 1.39. The van der Waals surface area contributed by atoms with Gasteiger partial charge in [-0.25, -0.2) is 4.98 Å². The largest absolute Gasteiger partial charge is 0.352 e. The molecule has 3 heterocycles. The summed E-state index contributed by atoms with van der Waals surface area (Å²) in [4.78, 5) is 26.2. The highest BCUT2D eigenvalue weighted by Gasteiger charge is 2.22. The van der Waals surface area contributed by atoms with Gasteiger partial charge >= 0.3 is 0 Å². The summed E-state index contributed by atoms with van der Waals surface area (Å²) >= 11 is 0. The predicted molar refractivity (Wildman–Crippen MR) is 134 cm³/mol. The molecule has 0 saturated carbocycles. The van der Waals surface area contributed by atoms with Crippen molar-refractivity contribution in [3.8, 4) is 11.3 Å². The van der Waals surface area contributed by atoms with E-state index in [4.69, 9.17) is 4.98 Å². The molecule has 180 valence electrons. The number of benzene rings is 1. The molecule has 1 amide bonds. The van der Waals surface area contributed by atoms with Crippen LogP contribution >= 0.6 is 0 Å². The van der Waals surface area contributed by atoms with Crippen LogP contribution in [0.3, 0.4) is 0 Å². The zero-order chi connectivity index (χ0) is 24.1. The quantitative estimate of drug-likeness (QED) is 0.555. The highest BCUT2D eigenvalue weighted by molar-refractivity contribution is 5.78. The summed E-state index contributed by atoms with van der Waals surface area (Å²) in [6, 6.07) is 8.25. The highest BCUT2D eigenvalue weighted by Crippen LogP contribution is 2.28. The van der Waals surface area contributed by atoms with E-state index in [0.717, 1.165) is 61.8 Å². The van der Waals surface area contributed by atoms with Crippen LogP contribution in [0.5, 0.6) is 0 Å². The first-order valence-corrected chi connectivity index (χ1v) is 12.1. The average Bonchev–Trinajstić information content (AvgIpc) is 3.19. The van der Waals surface area contributed by atoms with E-state index in [0.29, 0.717) is 6.54 Å². The van der Waals surface area contributed by atoms with Gasteiger partial charge in [0.15, 0.2) is 5.82 Å². The van der Waals surface area contributed by atoms with Gasteiger partial charge in [0.1, 0.15) is 5.69 Å². The van der Waals surface area contributed by atoms with Crippen LogP contribution in [-0.4, -0.2) is 56.7 Å². The van der Waals surface area contributed by atoms with E-state index in [1.165, 1.54) is 11.3 Å². The van der Waals surface area contributed by atoms with Gasteiger partial charge in [-0.15, -0.1) is 0 Å². The molecule has 1 fully saturated rings. The zero-order valence-electron chi connectivity index (χ0n) is 20.7. The van der Waals surface area contributed by atoms with Crippen molar-refractivity contribution in [3.63, 3.8) is 0 Å². The van der Waals surface area contributed by atoms with Crippen molar-refractivity contribution in [1.29, 1.82) is 0 Å². The second-order valence-electron chi connectivity index (χ2n) is 9.09. The first kappa shape index (κ1) is 23.9. The van der Waals surface area contributed by atoms with Gasteiger partial charge in [-0.2, -0.15) is 5.10 Å². The molecule has 4 rings (SSSR count). The standard InChI is InChI=1S/C26H35N7O/c1-5-19(2)26(34)29-16-21-6-8-22(9-7-21)24-25(28-11-10-27-24)33-14-12-32(13-15-33)18-23-17-30-31(4)20(23)3/h6-11,17,19H,5,12-16,18H2,1-4H3,(H,29,34). The summed E-state index contributed by atoms with van der Waals surface area (Å²) in [6.07, 6.45) is 6.34.